The van der Waals surface area contributed by atoms with Crippen molar-refractivity contribution in [3.63, 3.8) is 0 Å². The number of piperidine rings is 1. The number of benzene rings is 2. The number of aromatic amines is 1. The van der Waals surface area contributed by atoms with Crippen molar-refractivity contribution in [1.29, 1.82) is 5.26 Å². The van der Waals surface area contributed by atoms with E-state index in [9.17, 15) is 14.9 Å². The Bertz CT molecular complexity index is 1210. The lowest BCUT2D eigenvalue weighted by atomic mass is 9.96. The second-order valence-corrected chi connectivity index (χ2v) is 8.15. The van der Waals surface area contributed by atoms with Crippen LogP contribution in [-0.2, 0) is 11.2 Å². The lowest BCUT2D eigenvalue weighted by Gasteiger charge is -2.24. The predicted octanol–water partition coefficient (Wildman–Crippen LogP) is 2.37. The van der Waals surface area contributed by atoms with Gasteiger partial charge in [-0.05, 0) is 48.3 Å². The fourth-order valence-corrected chi connectivity index (χ4v) is 5.04. The molecule has 3 aromatic rings. The molecule has 2 unspecified atom stereocenters. The van der Waals surface area contributed by atoms with Gasteiger partial charge in [0.15, 0.2) is 0 Å². The third kappa shape index (κ3) is 3.08. The number of fused-ring (bicyclic) bond motifs is 5. The molecule has 2 aromatic carbocycles. The largest absolute Gasteiger partial charge is 0.339 e. The zero-order valence-corrected chi connectivity index (χ0v) is 15.9. The summed E-state index contributed by atoms with van der Waals surface area (Å²) >= 11 is 0. The van der Waals surface area contributed by atoms with Crippen molar-refractivity contribution in [3.8, 4) is 6.07 Å². The van der Waals surface area contributed by atoms with E-state index in [1.165, 1.54) is 0 Å². The molecule has 2 aliphatic rings. The van der Waals surface area contributed by atoms with Gasteiger partial charge in [-0.1, -0.05) is 30.3 Å². The highest BCUT2D eigenvalue weighted by molar-refractivity contribution is 6.07. The molecular formula is C23H22N4O2. The Morgan fingerprint density at radius 2 is 2.00 bits per heavy atom. The van der Waals surface area contributed by atoms with E-state index in [2.05, 4.69) is 21.7 Å². The van der Waals surface area contributed by atoms with E-state index in [-0.39, 0.29) is 17.5 Å². The molecule has 1 aliphatic carbocycles. The summed E-state index contributed by atoms with van der Waals surface area (Å²) in [5.74, 6) is 0.299. The number of nitrogens with zero attached hydrogens (tertiary/aromatic N) is 1. The zero-order chi connectivity index (χ0) is 20.0. The Balaban J connectivity index is 1.46. The van der Waals surface area contributed by atoms with E-state index in [4.69, 9.17) is 0 Å². The Kier molecular flexibility index (Phi) is 4.33. The Morgan fingerprint density at radius 3 is 2.72 bits per heavy atom. The number of hydrogen-bond acceptors (Lipinski definition) is 4. The second kappa shape index (κ2) is 7.02. The highest BCUT2D eigenvalue weighted by Crippen LogP contribution is 2.35. The van der Waals surface area contributed by atoms with Crippen molar-refractivity contribution in [1.82, 2.24) is 15.6 Å². The average molecular weight is 386 g/mol. The molecule has 6 heteroatoms. The minimum absolute atomic E-state index is 0.0812. The van der Waals surface area contributed by atoms with E-state index in [1.54, 1.807) is 6.07 Å². The van der Waals surface area contributed by atoms with Crippen LogP contribution in [0.4, 0.5) is 0 Å². The van der Waals surface area contributed by atoms with Crippen LogP contribution in [0.5, 0.6) is 0 Å². The van der Waals surface area contributed by atoms with E-state index in [0.29, 0.717) is 23.8 Å². The molecule has 2 fully saturated rings. The monoisotopic (exact) mass is 386 g/mol. The minimum atomic E-state index is -0.625. The molecule has 3 N–H and O–H groups in total. The van der Waals surface area contributed by atoms with Crippen molar-refractivity contribution >= 4 is 27.6 Å². The minimum Gasteiger partial charge on any atom is -0.339 e. The smallest absolute Gasteiger partial charge is 0.256 e. The van der Waals surface area contributed by atoms with Gasteiger partial charge in [-0.15, -0.1) is 0 Å². The quantitative estimate of drug-likeness (QED) is 0.600. The molecule has 0 spiro atoms. The third-order valence-electron chi connectivity index (χ3n) is 6.38. The molecule has 5 rings (SSSR count). The van der Waals surface area contributed by atoms with E-state index < -0.39 is 6.04 Å². The highest BCUT2D eigenvalue weighted by atomic mass is 16.2. The summed E-state index contributed by atoms with van der Waals surface area (Å²) < 4.78 is 0. The molecule has 0 radical (unpaired) electrons. The summed E-state index contributed by atoms with van der Waals surface area (Å²) in [6.45, 7) is 0. The predicted molar refractivity (Wildman–Crippen MR) is 111 cm³/mol. The molecular weight excluding hydrogens is 364 g/mol. The van der Waals surface area contributed by atoms with Gasteiger partial charge in [-0.2, -0.15) is 5.26 Å². The van der Waals surface area contributed by atoms with Gasteiger partial charge in [-0.3, -0.25) is 9.59 Å². The first-order valence-electron chi connectivity index (χ1n) is 10.1. The molecule has 4 atom stereocenters. The first-order chi connectivity index (χ1) is 14.1. The van der Waals surface area contributed by atoms with Crippen molar-refractivity contribution in [2.45, 2.75) is 43.8 Å². The van der Waals surface area contributed by atoms with Gasteiger partial charge in [-0.25, -0.2) is 0 Å². The van der Waals surface area contributed by atoms with Gasteiger partial charge in [0.05, 0.1) is 12.1 Å². The number of H-pyrrole nitrogens is 1. The number of rotatable bonds is 4. The maximum absolute atomic E-state index is 12.7. The summed E-state index contributed by atoms with van der Waals surface area (Å²) in [6.07, 6.45) is 3.65. The molecule has 1 saturated heterocycles. The molecule has 2 heterocycles. The molecule has 1 amide bonds. The summed E-state index contributed by atoms with van der Waals surface area (Å²) in [5.41, 5.74) is 1.55. The lowest BCUT2D eigenvalue weighted by molar-refractivity contribution is -0.124. The van der Waals surface area contributed by atoms with Crippen LogP contribution in [0.25, 0.3) is 21.7 Å². The normalized spacial score (nSPS) is 23.9. The number of amides is 1. The summed E-state index contributed by atoms with van der Waals surface area (Å²) in [4.78, 5) is 28.0. The molecule has 6 nitrogen and oxygen atoms in total. The number of nitrogens with one attached hydrogen (secondary N) is 3. The summed E-state index contributed by atoms with van der Waals surface area (Å²) in [5, 5.41) is 18.4. The van der Waals surface area contributed by atoms with Gasteiger partial charge in [0.25, 0.3) is 5.56 Å². The van der Waals surface area contributed by atoms with Crippen LogP contribution in [0, 0.1) is 17.2 Å². The molecule has 29 heavy (non-hydrogen) atoms. The van der Waals surface area contributed by atoms with Crippen molar-refractivity contribution in [3.05, 3.63) is 58.4 Å². The SMILES string of the molecule is N#CC(Cc1cccc2[nH]c(=O)c3ccccc3c12)NC(=O)[C@H]1NC2CC[C@H]1C2. The maximum Gasteiger partial charge on any atom is 0.256 e. The van der Waals surface area contributed by atoms with Gasteiger partial charge in [0.2, 0.25) is 5.91 Å². The maximum atomic E-state index is 12.7. The summed E-state index contributed by atoms with van der Waals surface area (Å²) in [7, 11) is 0. The highest BCUT2D eigenvalue weighted by Gasteiger charge is 2.43. The first-order valence-corrected chi connectivity index (χ1v) is 10.1. The van der Waals surface area contributed by atoms with E-state index in [0.717, 1.165) is 41.1 Å². The zero-order valence-electron chi connectivity index (χ0n) is 15.9. The third-order valence-corrected chi connectivity index (χ3v) is 6.38. The second-order valence-electron chi connectivity index (χ2n) is 8.15. The van der Waals surface area contributed by atoms with Gasteiger partial charge >= 0.3 is 0 Å². The van der Waals surface area contributed by atoms with Crippen LogP contribution in [0.2, 0.25) is 0 Å². The Morgan fingerprint density at radius 1 is 1.17 bits per heavy atom. The van der Waals surface area contributed by atoms with Crippen molar-refractivity contribution in [2.24, 2.45) is 5.92 Å². The molecule has 1 aromatic heterocycles. The van der Waals surface area contributed by atoms with E-state index >= 15 is 0 Å². The number of hydrogen-bond donors (Lipinski definition) is 3. The topological polar surface area (TPSA) is 97.8 Å². The standard InChI is InChI=1S/C23H22N4O2/c24-12-16(26-23(29)21-14-8-9-15(11-14)25-21)10-13-4-3-7-19-20(13)17-5-1-2-6-18(17)22(28)27-19/h1-7,14-16,21,25H,8-11H2,(H,26,29)(H,27,28)/t14-,15?,16?,21-/m0/s1. The molecule has 1 saturated carbocycles. The number of nitriles is 1. The van der Waals surface area contributed by atoms with Crippen LogP contribution in [0.3, 0.4) is 0 Å². The number of carbonyl (C=O) groups excluding carboxylic acids is 1. The van der Waals surface area contributed by atoms with Gasteiger partial charge in [0.1, 0.15) is 6.04 Å². The van der Waals surface area contributed by atoms with Gasteiger partial charge < -0.3 is 15.6 Å². The number of pyridine rings is 1. The molecule has 2 bridgehead atoms. The lowest BCUT2D eigenvalue weighted by Crippen LogP contribution is -2.50. The fraction of sp³-hybridized carbons (Fsp3) is 0.348. The molecule has 146 valence electrons. The first kappa shape index (κ1) is 17.9. The average Bonchev–Trinajstić information content (AvgIpc) is 3.37. The molecule has 1 aliphatic heterocycles. The Labute approximate surface area is 167 Å². The summed E-state index contributed by atoms with van der Waals surface area (Å²) in [6, 6.07) is 15.0. The van der Waals surface area contributed by atoms with Crippen LogP contribution in [0.1, 0.15) is 24.8 Å². The van der Waals surface area contributed by atoms with E-state index in [1.807, 2.05) is 36.4 Å². The van der Waals surface area contributed by atoms with Crippen molar-refractivity contribution in [2.75, 3.05) is 0 Å². The van der Waals surface area contributed by atoms with Crippen LogP contribution < -0.4 is 16.2 Å². The number of carbonyl (C=O) groups is 1. The van der Waals surface area contributed by atoms with Gasteiger partial charge in [0, 0.05) is 28.8 Å². The number of aromatic nitrogens is 1. The van der Waals surface area contributed by atoms with Crippen LogP contribution >= 0.6 is 0 Å². The Hall–Kier alpha value is -3.17. The van der Waals surface area contributed by atoms with Crippen LogP contribution in [-0.4, -0.2) is 29.0 Å². The van der Waals surface area contributed by atoms with Crippen LogP contribution in [0.15, 0.2) is 47.3 Å². The van der Waals surface area contributed by atoms with Crippen molar-refractivity contribution < 1.29 is 4.79 Å². The fourth-order valence-electron chi connectivity index (χ4n) is 5.04.